The van der Waals surface area contributed by atoms with E-state index in [1.54, 1.807) is 6.92 Å². The molecule has 0 heterocycles. The fourth-order valence-corrected chi connectivity index (χ4v) is 3.46. The molecule has 0 radical (unpaired) electrons. The van der Waals surface area contributed by atoms with Crippen molar-refractivity contribution in [2.24, 2.45) is 0 Å². The molecule has 0 saturated heterocycles. The van der Waals surface area contributed by atoms with E-state index in [-0.39, 0.29) is 6.04 Å². The van der Waals surface area contributed by atoms with E-state index in [2.05, 4.69) is 27.3 Å². The molecule has 104 valence electrons. The van der Waals surface area contributed by atoms with Crippen LogP contribution in [0.1, 0.15) is 50.3 Å². The summed E-state index contributed by atoms with van der Waals surface area (Å²) in [7, 11) is 0. The molecular weight excluding hydrogens is 306 g/mol. The minimum absolute atomic E-state index is 0.139. The summed E-state index contributed by atoms with van der Waals surface area (Å²) in [6.07, 6.45) is 3.46. The largest absolute Gasteiger partial charge is 0.480 e. The highest BCUT2D eigenvalue weighted by molar-refractivity contribution is 9.10. The van der Waals surface area contributed by atoms with Crippen LogP contribution >= 0.6 is 15.9 Å². The molecule has 3 nitrogen and oxygen atoms in total. The third-order valence-electron chi connectivity index (χ3n) is 3.93. The summed E-state index contributed by atoms with van der Waals surface area (Å²) < 4.78 is 1.13. The van der Waals surface area contributed by atoms with Crippen LogP contribution in [0.3, 0.4) is 0 Å². The first-order valence-electron chi connectivity index (χ1n) is 6.76. The second kappa shape index (κ2) is 5.63. The summed E-state index contributed by atoms with van der Waals surface area (Å²) in [4.78, 5) is 11.5. The maximum Gasteiger partial charge on any atom is 0.323 e. The van der Waals surface area contributed by atoms with E-state index in [1.165, 1.54) is 11.1 Å². The minimum atomic E-state index is -0.844. The number of carbonyl (C=O) groups is 1. The second-order valence-corrected chi connectivity index (χ2v) is 6.28. The fourth-order valence-electron chi connectivity index (χ4n) is 2.89. The highest BCUT2D eigenvalue weighted by atomic mass is 79.9. The van der Waals surface area contributed by atoms with Crippen molar-refractivity contribution in [3.8, 4) is 0 Å². The van der Waals surface area contributed by atoms with Gasteiger partial charge in [0.2, 0.25) is 0 Å². The van der Waals surface area contributed by atoms with Gasteiger partial charge in [0.05, 0.1) is 0 Å². The lowest BCUT2D eigenvalue weighted by atomic mass is 9.94. The monoisotopic (exact) mass is 325 g/mol. The van der Waals surface area contributed by atoms with Crippen LogP contribution in [0, 0.1) is 0 Å². The zero-order valence-corrected chi connectivity index (χ0v) is 13.0. The maximum atomic E-state index is 11.5. The molecule has 0 aliphatic heterocycles. The summed E-state index contributed by atoms with van der Waals surface area (Å²) in [5.74, 6) is -0.766. The number of hydrogen-bond donors (Lipinski definition) is 2. The van der Waals surface area contributed by atoms with Crippen LogP contribution < -0.4 is 5.32 Å². The van der Waals surface area contributed by atoms with E-state index >= 15 is 0 Å². The molecule has 2 unspecified atom stereocenters. The zero-order chi connectivity index (χ0) is 14.0. The van der Waals surface area contributed by atoms with E-state index < -0.39 is 11.5 Å². The third kappa shape index (κ3) is 2.84. The Morgan fingerprint density at radius 3 is 2.95 bits per heavy atom. The molecule has 19 heavy (non-hydrogen) atoms. The predicted molar refractivity (Wildman–Crippen MR) is 79.3 cm³/mol. The molecule has 2 atom stereocenters. The van der Waals surface area contributed by atoms with Gasteiger partial charge in [0.15, 0.2) is 0 Å². The lowest BCUT2D eigenvalue weighted by molar-refractivity contribution is -0.144. The van der Waals surface area contributed by atoms with Gasteiger partial charge < -0.3 is 5.11 Å². The summed E-state index contributed by atoms with van der Waals surface area (Å²) in [6, 6.07) is 6.30. The van der Waals surface area contributed by atoms with Gasteiger partial charge in [0.1, 0.15) is 5.54 Å². The molecule has 1 aliphatic rings. The summed E-state index contributed by atoms with van der Waals surface area (Å²) in [6.45, 7) is 3.80. The van der Waals surface area contributed by atoms with Gasteiger partial charge >= 0.3 is 5.97 Å². The maximum absolute atomic E-state index is 11.5. The Labute approximate surface area is 122 Å². The van der Waals surface area contributed by atoms with Crippen LogP contribution in [0.15, 0.2) is 22.7 Å². The Kier molecular flexibility index (Phi) is 4.31. The van der Waals surface area contributed by atoms with Crippen molar-refractivity contribution in [3.05, 3.63) is 33.8 Å². The normalized spacial score (nSPS) is 20.9. The first-order chi connectivity index (χ1) is 8.98. The number of fused-ring (bicyclic) bond motifs is 1. The van der Waals surface area contributed by atoms with Crippen molar-refractivity contribution in [3.63, 3.8) is 0 Å². The minimum Gasteiger partial charge on any atom is -0.480 e. The third-order valence-corrected chi connectivity index (χ3v) is 4.67. The Bertz CT molecular complexity index is 489. The van der Waals surface area contributed by atoms with Crippen molar-refractivity contribution < 1.29 is 9.90 Å². The first kappa shape index (κ1) is 14.5. The van der Waals surface area contributed by atoms with Gasteiger partial charge in [-0.2, -0.15) is 0 Å². The molecule has 1 aromatic carbocycles. The number of nitrogens with one attached hydrogen (secondary N) is 1. The van der Waals surface area contributed by atoms with Crippen molar-refractivity contribution in [2.45, 2.75) is 51.1 Å². The number of aliphatic carboxylic acids is 1. The molecule has 1 aliphatic carbocycles. The molecule has 1 aromatic rings. The van der Waals surface area contributed by atoms with Crippen LogP contribution in [0.25, 0.3) is 0 Å². The number of halogens is 1. The lowest BCUT2D eigenvalue weighted by Gasteiger charge is -2.30. The average molecular weight is 326 g/mol. The van der Waals surface area contributed by atoms with Crippen LogP contribution in [-0.4, -0.2) is 16.6 Å². The fraction of sp³-hybridized carbons (Fsp3) is 0.533. The van der Waals surface area contributed by atoms with Crippen LogP contribution in [0.4, 0.5) is 0 Å². The van der Waals surface area contributed by atoms with Gasteiger partial charge in [-0.15, -0.1) is 0 Å². The van der Waals surface area contributed by atoms with Gasteiger partial charge in [0, 0.05) is 10.5 Å². The van der Waals surface area contributed by atoms with E-state index in [0.717, 1.165) is 23.7 Å². The van der Waals surface area contributed by atoms with Gasteiger partial charge in [-0.1, -0.05) is 41.4 Å². The SMILES string of the molecule is CCCC(C)(NC1CCc2c(Br)cccc21)C(=O)O. The van der Waals surface area contributed by atoms with Crippen molar-refractivity contribution >= 4 is 21.9 Å². The van der Waals surface area contributed by atoms with E-state index in [1.807, 2.05) is 19.1 Å². The first-order valence-corrected chi connectivity index (χ1v) is 7.55. The standard InChI is InChI=1S/C15H20BrNO2/c1-3-9-15(2,14(18)19)17-13-8-7-10-11(13)5-4-6-12(10)16/h4-6,13,17H,3,7-9H2,1-2H3,(H,18,19). The van der Waals surface area contributed by atoms with Crippen molar-refractivity contribution in [2.75, 3.05) is 0 Å². The molecule has 0 spiro atoms. The smallest absolute Gasteiger partial charge is 0.323 e. The Morgan fingerprint density at radius 1 is 1.58 bits per heavy atom. The molecule has 0 fully saturated rings. The second-order valence-electron chi connectivity index (χ2n) is 5.43. The van der Waals surface area contributed by atoms with Crippen LogP contribution in [0.5, 0.6) is 0 Å². The lowest BCUT2D eigenvalue weighted by Crippen LogP contribution is -2.50. The molecular formula is C15H20BrNO2. The topological polar surface area (TPSA) is 49.3 Å². The number of carboxylic acid groups (broad SMARTS) is 1. The van der Waals surface area contributed by atoms with E-state index in [0.29, 0.717) is 6.42 Å². The molecule has 0 aromatic heterocycles. The molecule has 4 heteroatoms. The quantitative estimate of drug-likeness (QED) is 0.868. The van der Waals surface area contributed by atoms with Crippen molar-refractivity contribution in [1.82, 2.24) is 5.32 Å². The van der Waals surface area contributed by atoms with Gasteiger partial charge in [-0.25, -0.2) is 0 Å². The molecule has 2 N–H and O–H groups in total. The van der Waals surface area contributed by atoms with Crippen LogP contribution in [0.2, 0.25) is 0 Å². The number of benzene rings is 1. The number of hydrogen-bond acceptors (Lipinski definition) is 2. The molecule has 0 bridgehead atoms. The Morgan fingerprint density at radius 2 is 2.32 bits per heavy atom. The highest BCUT2D eigenvalue weighted by Crippen LogP contribution is 2.37. The van der Waals surface area contributed by atoms with Crippen molar-refractivity contribution in [1.29, 1.82) is 0 Å². The Balaban J connectivity index is 2.22. The average Bonchev–Trinajstić information content (AvgIpc) is 2.74. The van der Waals surface area contributed by atoms with Crippen LogP contribution in [-0.2, 0) is 11.2 Å². The van der Waals surface area contributed by atoms with E-state index in [4.69, 9.17) is 0 Å². The molecule has 0 saturated carbocycles. The predicted octanol–water partition coefficient (Wildman–Crippen LogP) is 3.67. The summed E-state index contributed by atoms with van der Waals surface area (Å²) in [5.41, 5.74) is 1.70. The number of carboxylic acids is 1. The molecule has 0 amide bonds. The Hall–Kier alpha value is -0.870. The number of rotatable bonds is 5. The van der Waals surface area contributed by atoms with Gasteiger partial charge in [-0.3, -0.25) is 10.1 Å². The van der Waals surface area contributed by atoms with E-state index in [9.17, 15) is 9.90 Å². The van der Waals surface area contributed by atoms with Gasteiger partial charge in [0.25, 0.3) is 0 Å². The zero-order valence-electron chi connectivity index (χ0n) is 11.4. The summed E-state index contributed by atoms with van der Waals surface area (Å²) in [5, 5.41) is 12.8. The van der Waals surface area contributed by atoms with Gasteiger partial charge in [-0.05, 0) is 43.4 Å². The summed E-state index contributed by atoms with van der Waals surface area (Å²) >= 11 is 3.57. The highest BCUT2D eigenvalue weighted by Gasteiger charge is 2.36. The molecule has 2 rings (SSSR count).